The van der Waals surface area contributed by atoms with E-state index in [0.29, 0.717) is 11.8 Å². The second-order valence-electron chi connectivity index (χ2n) is 4.37. The predicted molar refractivity (Wildman–Crippen MR) is 58.6 cm³/mol. The van der Waals surface area contributed by atoms with Crippen LogP contribution in [0.2, 0.25) is 0 Å². The van der Waals surface area contributed by atoms with E-state index in [1.807, 2.05) is 4.90 Å². The van der Waals surface area contributed by atoms with Crippen molar-refractivity contribution in [3.8, 4) is 0 Å². The Morgan fingerprint density at radius 1 is 1.43 bits per heavy atom. The Hall–Kier alpha value is -0.280. The van der Waals surface area contributed by atoms with Crippen LogP contribution in [0.1, 0.15) is 19.8 Å². The molecule has 0 radical (unpaired) electrons. The fourth-order valence-electron chi connectivity index (χ4n) is 2.26. The monoisotopic (exact) mass is 218 g/mol. The van der Waals surface area contributed by atoms with Gasteiger partial charge < -0.3 is 10.2 Å². The zero-order valence-electron chi connectivity index (χ0n) is 8.66. The minimum Gasteiger partial charge on any atom is -0.342 e. The molecule has 2 fully saturated rings. The van der Waals surface area contributed by atoms with Gasteiger partial charge in [0.2, 0.25) is 5.91 Å². The van der Waals surface area contributed by atoms with Crippen LogP contribution in [0.4, 0.5) is 0 Å². The number of halogens is 1. The van der Waals surface area contributed by atoms with E-state index in [0.717, 1.165) is 32.6 Å². The molecule has 0 aromatic heterocycles. The smallest absolute Gasteiger partial charge is 0.227 e. The van der Waals surface area contributed by atoms with Gasteiger partial charge in [0.15, 0.2) is 0 Å². The highest BCUT2D eigenvalue weighted by Gasteiger charge is 2.30. The minimum absolute atomic E-state index is 0. The van der Waals surface area contributed by atoms with Crippen molar-refractivity contribution >= 4 is 18.3 Å². The fraction of sp³-hybridized carbons (Fsp3) is 0.900. The van der Waals surface area contributed by atoms with Crippen molar-refractivity contribution in [2.45, 2.75) is 19.8 Å². The predicted octanol–water partition coefficient (Wildman–Crippen LogP) is 0.886. The first-order valence-electron chi connectivity index (χ1n) is 5.27. The number of hydrogen-bond donors (Lipinski definition) is 1. The maximum atomic E-state index is 11.9. The Labute approximate surface area is 91.6 Å². The number of nitrogens with zero attached hydrogens (tertiary/aromatic N) is 1. The fourth-order valence-corrected chi connectivity index (χ4v) is 2.26. The van der Waals surface area contributed by atoms with E-state index in [9.17, 15) is 4.79 Å². The summed E-state index contributed by atoms with van der Waals surface area (Å²) in [5, 5.41) is 3.24. The van der Waals surface area contributed by atoms with Gasteiger partial charge in [0, 0.05) is 19.6 Å². The van der Waals surface area contributed by atoms with Crippen LogP contribution in [0.5, 0.6) is 0 Å². The van der Waals surface area contributed by atoms with E-state index in [-0.39, 0.29) is 18.3 Å². The van der Waals surface area contributed by atoms with Gasteiger partial charge in [-0.2, -0.15) is 0 Å². The highest BCUT2D eigenvalue weighted by molar-refractivity contribution is 5.85. The van der Waals surface area contributed by atoms with Gasteiger partial charge in [-0.1, -0.05) is 6.92 Å². The normalized spacial score (nSPS) is 31.6. The Kier molecular flexibility index (Phi) is 4.20. The van der Waals surface area contributed by atoms with E-state index in [4.69, 9.17) is 0 Å². The molecule has 3 nitrogen and oxygen atoms in total. The SMILES string of the molecule is CC1CCN(C(=O)[C@@H]2CCNC2)C1.Cl. The van der Waals surface area contributed by atoms with Gasteiger partial charge in [0.05, 0.1) is 5.92 Å². The first-order valence-corrected chi connectivity index (χ1v) is 5.27. The second-order valence-corrected chi connectivity index (χ2v) is 4.37. The molecule has 2 atom stereocenters. The maximum Gasteiger partial charge on any atom is 0.227 e. The summed E-state index contributed by atoms with van der Waals surface area (Å²) in [6, 6.07) is 0. The zero-order valence-corrected chi connectivity index (χ0v) is 9.48. The topological polar surface area (TPSA) is 32.3 Å². The minimum atomic E-state index is 0. The van der Waals surface area contributed by atoms with E-state index in [1.54, 1.807) is 0 Å². The summed E-state index contributed by atoms with van der Waals surface area (Å²) in [7, 11) is 0. The first-order chi connectivity index (χ1) is 6.27. The summed E-state index contributed by atoms with van der Waals surface area (Å²) >= 11 is 0. The molecule has 0 spiro atoms. The third-order valence-electron chi connectivity index (χ3n) is 3.15. The van der Waals surface area contributed by atoms with Crippen molar-refractivity contribution in [1.29, 1.82) is 0 Å². The summed E-state index contributed by atoms with van der Waals surface area (Å²) in [4.78, 5) is 13.9. The second kappa shape index (κ2) is 4.99. The average Bonchev–Trinajstić information content (AvgIpc) is 2.72. The number of rotatable bonds is 1. The van der Waals surface area contributed by atoms with Crippen LogP contribution in [0.25, 0.3) is 0 Å². The van der Waals surface area contributed by atoms with E-state index < -0.39 is 0 Å². The number of carbonyl (C=O) groups excluding carboxylic acids is 1. The lowest BCUT2D eigenvalue weighted by molar-refractivity contribution is -0.133. The number of carbonyl (C=O) groups is 1. The van der Waals surface area contributed by atoms with Crippen molar-refractivity contribution in [2.24, 2.45) is 11.8 Å². The van der Waals surface area contributed by atoms with Gasteiger partial charge in [-0.3, -0.25) is 4.79 Å². The maximum absolute atomic E-state index is 11.9. The number of nitrogens with one attached hydrogen (secondary N) is 1. The van der Waals surface area contributed by atoms with E-state index >= 15 is 0 Å². The molecule has 1 amide bonds. The molecule has 2 aliphatic heterocycles. The van der Waals surface area contributed by atoms with Crippen molar-refractivity contribution < 1.29 is 4.79 Å². The Bertz CT molecular complexity index is 204. The summed E-state index contributed by atoms with van der Waals surface area (Å²) < 4.78 is 0. The van der Waals surface area contributed by atoms with E-state index in [1.165, 1.54) is 6.42 Å². The molecule has 0 saturated carbocycles. The summed E-state index contributed by atoms with van der Waals surface area (Å²) in [5.41, 5.74) is 0. The van der Waals surface area contributed by atoms with Crippen LogP contribution in [0, 0.1) is 11.8 Å². The highest BCUT2D eigenvalue weighted by Crippen LogP contribution is 2.19. The molecule has 4 heteroatoms. The molecule has 82 valence electrons. The molecule has 1 N–H and O–H groups in total. The lowest BCUT2D eigenvalue weighted by Crippen LogP contribution is -2.35. The van der Waals surface area contributed by atoms with E-state index in [2.05, 4.69) is 12.2 Å². The van der Waals surface area contributed by atoms with Crippen molar-refractivity contribution in [3.05, 3.63) is 0 Å². The van der Waals surface area contributed by atoms with Gasteiger partial charge in [0.25, 0.3) is 0 Å². The number of hydrogen-bond acceptors (Lipinski definition) is 2. The van der Waals surface area contributed by atoms with Crippen LogP contribution < -0.4 is 5.32 Å². The largest absolute Gasteiger partial charge is 0.342 e. The van der Waals surface area contributed by atoms with Crippen LogP contribution in [-0.4, -0.2) is 37.0 Å². The van der Waals surface area contributed by atoms with Crippen molar-refractivity contribution in [1.82, 2.24) is 10.2 Å². The summed E-state index contributed by atoms with van der Waals surface area (Å²) in [6.07, 6.45) is 2.22. The molecule has 2 heterocycles. The molecule has 14 heavy (non-hydrogen) atoms. The molecule has 1 unspecified atom stereocenters. The molecular formula is C10H19ClN2O. The number of amides is 1. The first kappa shape index (κ1) is 11.8. The lowest BCUT2D eigenvalue weighted by atomic mass is 10.1. The lowest BCUT2D eigenvalue weighted by Gasteiger charge is -2.19. The van der Waals surface area contributed by atoms with Gasteiger partial charge in [-0.25, -0.2) is 0 Å². The molecule has 0 aromatic rings. The molecule has 2 aliphatic rings. The van der Waals surface area contributed by atoms with Crippen LogP contribution in [0.15, 0.2) is 0 Å². The molecule has 0 bridgehead atoms. The Morgan fingerprint density at radius 2 is 2.21 bits per heavy atom. The van der Waals surface area contributed by atoms with Crippen LogP contribution in [0.3, 0.4) is 0 Å². The average molecular weight is 219 g/mol. The van der Waals surface area contributed by atoms with Gasteiger partial charge >= 0.3 is 0 Å². The zero-order chi connectivity index (χ0) is 9.26. The molecule has 2 rings (SSSR count). The van der Waals surface area contributed by atoms with Gasteiger partial charge in [0.1, 0.15) is 0 Å². The van der Waals surface area contributed by atoms with Gasteiger partial charge in [-0.05, 0) is 25.3 Å². The summed E-state index contributed by atoms with van der Waals surface area (Å²) in [6.45, 7) is 6.09. The summed E-state index contributed by atoms with van der Waals surface area (Å²) in [5.74, 6) is 1.36. The molecule has 0 aromatic carbocycles. The highest BCUT2D eigenvalue weighted by atomic mass is 35.5. The Morgan fingerprint density at radius 3 is 2.71 bits per heavy atom. The Balaban J connectivity index is 0.000000980. The van der Waals surface area contributed by atoms with Gasteiger partial charge in [-0.15, -0.1) is 12.4 Å². The molecular weight excluding hydrogens is 200 g/mol. The molecule has 2 saturated heterocycles. The van der Waals surface area contributed by atoms with Crippen LogP contribution in [-0.2, 0) is 4.79 Å². The van der Waals surface area contributed by atoms with Crippen molar-refractivity contribution in [3.63, 3.8) is 0 Å². The standard InChI is InChI=1S/C10H18N2O.ClH/c1-8-3-5-12(7-8)10(13)9-2-4-11-6-9;/h8-9,11H,2-7H2,1H3;1H/t8?,9-;/m1./s1. The third-order valence-corrected chi connectivity index (χ3v) is 3.15. The number of likely N-dealkylation sites (tertiary alicyclic amines) is 1. The quantitative estimate of drug-likeness (QED) is 0.709. The van der Waals surface area contributed by atoms with Crippen molar-refractivity contribution in [2.75, 3.05) is 26.2 Å². The molecule has 0 aliphatic carbocycles. The van der Waals surface area contributed by atoms with Crippen LogP contribution >= 0.6 is 12.4 Å². The third kappa shape index (κ3) is 2.39.